The molecule has 0 radical (unpaired) electrons. The molecular formula is C16H25NO2. The molecule has 0 aliphatic carbocycles. The minimum Gasteiger partial charge on any atom is -0.493 e. The van der Waals surface area contributed by atoms with Crippen molar-refractivity contribution >= 4 is 0 Å². The predicted molar refractivity (Wildman–Crippen MR) is 78.5 cm³/mol. The first-order chi connectivity index (χ1) is 9.19. The molecule has 1 aliphatic rings. The Hall–Kier alpha value is -1.22. The molecule has 0 bridgehead atoms. The van der Waals surface area contributed by atoms with Gasteiger partial charge >= 0.3 is 0 Å². The van der Waals surface area contributed by atoms with Gasteiger partial charge in [-0.05, 0) is 49.4 Å². The zero-order chi connectivity index (χ0) is 13.8. The minimum atomic E-state index is 0.504. The Bertz CT molecular complexity index is 423. The van der Waals surface area contributed by atoms with Crippen LogP contribution in [0.2, 0.25) is 0 Å². The Balaban J connectivity index is 2.51. The van der Waals surface area contributed by atoms with Crippen LogP contribution in [-0.2, 0) is 0 Å². The number of ether oxygens (including phenoxy) is 2. The Morgan fingerprint density at radius 2 is 1.79 bits per heavy atom. The Morgan fingerprint density at radius 1 is 1.11 bits per heavy atom. The molecule has 0 atom stereocenters. The number of hydrogen-bond donors (Lipinski definition) is 1. The van der Waals surface area contributed by atoms with Crippen molar-refractivity contribution in [1.29, 1.82) is 0 Å². The van der Waals surface area contributed by atoms with Crippen LogP contribution in [0.25, 0.3) is 0 Å². The van der Waals surface area contributed by atoms with Crippen LogP contribution in [0.5, 0.6) is 11.5 Å². The van der Waals surface area contributed by atoms with Crippen LogP contribution in [0, 0.1) is 0 Å². The van der Waals surface area contributed by atoms with Crippen LogP contribution < -0.4 is 14.8 Å². The Kier molecular flexibility index (Phi) is 4.70. The SMILES string of the molecule is COc1ccc(C(C)C)c(C2CCNCC2)c1OC. The van der Waals surface area contributed by atoms with Gasteiger partial charge in [0.05, 0.1) is 14.2 Å². The first kappa shape index (κ1) is 14.2. The predicted octanol–water partition coefficient (Wildman–Crippen LogP) is 3.29. The lowest BCUT2D eigenvalue weighted by atomic mass is 9.83. The van der Waals surface area contributed by atoms with Crippen LogP contribution in [0.15, 0.2) is 12.1 Å². The smallest absolute Gasteiger partial charge is 0.164 e. The Labute approximate surface area is 116 Å². The topological polar surface area (TPSA) is 30.5 Å². The molecule has 19 heavy (non-hydrogen) atoms. The van der Waals surface area contributed by atoms with E-state index >= 15 is 0 Å². The van der Waals surface area contributed by atoms with Crippen molar-refractivity contribution in [2.24, 2.45) is 0 Å². The fourth-order valence-corrected chi connectivity index (χ4v) is 3.00. The van der Waals surface area contributed by atoms with E-state index in [9.17, 15) is 0 Å². The zero-order valence-corrected chi connectivity index (χ0v) is 12.5. The van der Waals surface area contributed by atoms with Crippen molar-refractivity contribution in [2.75, 3.05) is 27.3 Å². The molecule has 0 aromatic heterocycles. The summed E-state index contributed by atoms with van der Waals surface area (Å²) in [6, 6.07) is 4.22. The number of methoxy groups -OCH3 is 2. The zero-order valence-electron chi connectivity index (χ0n) is 12.5. The number of piperidine rings is 1. The molecule has 1 aromatic carbocycles. The fraction of sp³-hybridized carbons (Fsp3) is 0.625. The summed E-state index contributed by atoms with van der Waals surface area (Å²) >= 11 is 0. The summed E-state index contributed by atoms with van der Waals surface area (Å²) in [5.74, 6) is 2.86. The van der Waals surface area contributed by atoms with Crippen molar-refractivity contribution in [3.63, 3.8) is 0 Å². The summed E-state index contributed by atoms with van der Waals surface area (Å²) < 4.78 is 11.1. The molecule has 1 N–H and O–H groups in total. The quantitative estimate of drug-likeness (QED) is 0.904. The summed E-state index contributed by atoms with van der Waals surface area (Å²) in [7, 11) is 3.45. The molecule has 1 heterocycles. The molecule has 1 aromatic rings. The molecule has 0 spiro atoms. The van der Waals surface area contributed by atoms with Crippen molar-refractivity contribution < 1.29 is 9.47 Å². The average molecular weight is 263 g/mol. The maximum Gasteiger partial charge on any atom is 0.164 e. The lowest BCUT2D eigenvalue weighted by Gasteiger charge is -2.28. The van der Waals surface area contributed by atoms with E-state index in [1.54, 1.807) is 14.2 Å². The molecule has 3 heteroatoms. The molecule has 0 saturated carbocycles. The van der Waals surface area contributed by atoms with Gasteiger partial charge < -0.3 is 14.8 Å². The minimum absolute atomic E-state index is 0.504. The van der Waals surface area contributed by atoms with E-state index in [0.29, 0.717) is 11.8 Å². The Morgan fingerprint density at radius 3 is 2.32 bits per heavy atom. The standard InChI is InChI=1S/C16H25NO2/c1-11(2)13-5-6-14(18-3)16(19-4)15(13)12-7-9-17-10-8-12/h5-6,11-12,17H,7-10H2,1-4H3. The average Bonchev–Trinajstić information content (AvgIpc) is 2.46. The second-order valence-electron chi connectivity index (χ2n) is 5.48. The van der Waals surface area contributed by atoms with Gasteiger partial charge in [0.2, 0.25) is 0 Å². The molecule has 0 amide bonds. The van der Waals surface area contributed by atoms with E-state index < -0.39 is 0 Å². The number of nitrogens with one attached hydrogen (secondary N) is 1. The summed E-state index contributed by atoms with van der Waals surface area (Å²) in [5, 5.41) is 3.43. The van der Waals surface area contributed by atoms with Gasteiger partial charge in [-0.3, -0.25) is 0 Å². The third-order valence-electron chi connectivity index (χ3n) is 3.99. The van der Waals surface area contributed by atoms with Gasteiger partial charge in [-0.15, -0.1) is 0 Å². The molecule has 106 valence electrons. The monoisotopic (exact) mass is 263 g/mol. The third kappa shape index (κ3) is 2.86. The van der Waals surface area contributed by atoms with E-state index in [0.717, 1.165) is 24.6 Å². The highest BCUT2D eigenvalue weighted by Crippen LogP contribution is 2.43. The van der Waals surface area contributed by atoms with Crippen molar-refractivity contribution in [3.05, 3.63) is 23.3 Å². The molecule has 1 saturated heterocycles. The van der Waals surface area contributed by atoms with E-state index in [4.69, 9.17) is 9.47 Å². The summed E-state index contributed by atoms with van der Waals surface area (Å²) in [6.45, 7) is 6.66. The molecule has 1 aliphatic heterocycles. The molecule has 2 rings (SSSR count). The first-order valence-electron chi connectivity index (χ1n) is 7.14. The van der Waals surface area contributed by atoms with Gasteiger partial charge in [-0.25, -0.2) is 0 Å². The normalized spacial score (nSPS) is 16.7. The highest BCUT2D eigenvalue weighted by Gasteiger charge is 2.25. The van der Waals surface area contributed by atoms with E-state index in [2.05, 4.69) is 25.2 Å². The van der Waals surface area contributed by atoms with Crippen molar-refractivity contribution in [1.82, 2.24) is 5.32 Å². The molecule has 0 unspecified atom stereocenters. The third-order valence-corrected chi connectivity index (χ3v) is 3.99. The lowest BCUT2D eigenvalue weighted by Crippen LogP contribution is -2.27. The molecular weight excluding hydrogens is 238 g/mol. The largest absolute Gasteiger partial charge is 0.493 e. The number of hydrogen-bond acceptors (Lipinski definition) is 3. The van der Waals surface area contributed by atoms with Gasteiger partial charge in [-0.1, -0.05) is 19.9 Å². The maximum absolute atomic E-state index is 5.67. The summed E-state index contributed by atoms with van der Waals surface area (Å²) in [5.41, 5.74) is 2.75. The van der Waals surface area contributed by atoms with Crippen LogP contribution in [0.4, 0.5) is 0 Å². The summed E-state index contributed by atoms with van der Waals surface area (Å²) in [4.78, 5) is 0. The van der Waals surface area contributed by atoms with Gasteiger partial charge in [0, 0.05) is 5.56 Å². The van der Waals surface area contributed by atoms with E-state index in [1.165, 1.54) is 24.0 Å². The maximum atomic E-state index is 5.67. The molecule has 3 nitrogen and oxygen atoms in total. The molecule has 1 fully saturated rings. The fourth-order valence-electron chi connectivity index (χ4n) is 3.00. The van der Waals surface area contributed by atoms with Crippen LogP contribution >= 0.6 is 0 Å². The van der Waals surface area contributed by atoms with E-state index in [-0.39, 0.29) is 0 Å². The summed E-state index contributed by atoms with van der Waals surface area (Å²) in [6.07, 6.45) is 2.34. The second-order valence-corrected chi connectivity index (χ2v) is 5.48. The van der Waals surface area contributed by atoms with Crippen LogP contribution in [0.3, 0.4) is 0 Å². The van der Waals surface area contributed by atoms with Gasteiger partial charge in [0.1, 0.15) is 0 Å². The van der Waals surface area contributed by atoms with Gasteiger partial charge in [0.15, 0.2) is 11.5 Å². The van der Waals surface area contributed by atoms with Crippen LogP contribution in [-0.4, -0.2) is 27.3 Å². The van der Waals surface area contributed by atoms with Crippen molar-refractivity contribution in [3.8, 4) is 11.5 Å². The van der Waals surface area contributed by atoms with Gasteiger partial charge in [0.25, 0.3) is 0 Å². The first-order valence-corrected chi connectivity index (χ1v) is 7.14. The lowest BCUT2D eigenvalue weighted by molar-refractivity contribution is 0.343. The van der Waals surface area contributed by atoms with Gasteiger partial charge in [-0.2, -0.15) is 0 Å². The second kappa shape index (κ2) is 6.29. The number of rotatable bonds is 4. The van der Waals surface area contributed by atoms with E-state index in [1.807, 2.05) is 6.07 Å². The number of benzene rings is 1. The van der Waals surface area contributed by atoms with Crippen molar-refractivity contribution in [2.45, 2.75) is 38.5 Å². The highest BCUT2D eigenvalue weighted by molar-refractivity contribution is 5.53. The highest BCUT2D eigenvalue weighted by atomic mass is 16.5. The van der Waals surface area contributed by atoms with Crippen LogP contribution in [0.1, 0.15) is 49.7 Å².